The van der Waals surface area contributed by atoms with Crippen molar-refractivity contribution in [2.24, 2.45) is 0 Å². The normalized spacial score (nSPS) is 16.0. The standard InChI is InChI=1S/C24H29F4N3O3S/c1-16(18-7-10-20(19(25)15-18)30-35(2,33)34)21(32)11-8-17-9-12-22(24(26,27)28)29-23(17)31-13-5-3-4-6-14-31/h7,9-10,12,15-16,30H,3-6,8,11,13-14H2,1-2H3. The van der Waals surface area contributed by atoms with Crippen LogP contribution in [0.4, 0.5) is 29.1 Å². The second kappa shape index (κ2) is 10.9. The second-order valence-electron chi connectivity index (χ2n) is 8.88. The van der Waals surface area contributed by atoms with Crippen molar-refractivity contribution < 1.29 is 30.8 Å². The van der Waals surface area contributed by atoms with E-state index in [9.17, 15) is 30.8 Å². The first-order valence-electron chi connectivity index (χ1n) is 11.5. The third-order valence-corrected chi connectivity index (χ3v) is 6.65. The quantitative estimate of drug-likeness (QED) is 0.483. The smallest absolute Gasteiger partial charge is 0.356 e. The molecular weight excluding hydrogens is 486 g/mol. The molecule has 0 saturated carbocycles. The van der Waals surface area contributed by atoms with Gasteiger partial charge in [-0.1, -0.05) is 31.9 Å². The van der Waals surface area contributed by atoms with Crippen molar-refractivity contribution in [2.75, 3.05) is 29.0 Å². The number of ketones is 1. The molecule has 0 amide bonds. The van der Waals surface area contributed by atoms with Gasteiger partial charge in [0.25, 0.3) is 0 Å². The van der Waals surface area contributed by atoms with Crippen LogP contribution in [0.1, 0.15) is 61.8 Å². The summed E-state index contributed by atoms with van der Waals surface area (Å²) in [5, 5.41) is 0. The number of halogens is 4. The summed E-state index contributed by atoms with van der Waals surface area (Å²) in [5.41, 5.74) is -0.226. The van der Waals surface area contributed by atoms with Crippen LogP contribution >= 0.6 is 0 Å². The fourth-order valence-corrected chi connectivity index (χ4v) is 4.70. The van der Waals surface area contributed by atoms with Crippen LogP contribution < -0.4 is 9.62 Å². The van der Waals surface area contributed by atoms with Crippen molar-refractivity contribution in [1.29, 1.82) is 0 Å². The molecular formula is C24H29F4N3O3S. The molecule has 0 aliphatic carbocycles. The molecule has 1 atom stereocenters. The lowest BCUT2D eigenvalue weighted by Crippen LogP contribution is -2.27. The number of anilines is 2. The first kappa shape index (κ1) is 26.9. The number of aryl methyl sites for hydroxylation is 1. The molecule has 2 aromatic rings. The SMILES string of the molecule is CC(C(=O)CCc1ccc(C(F)(F)F)nc1N1CCCCCC1)c1ccc(NS(C)(=O)=O)c(F)c1. The highest BCUT2D eigenvalue weighted by molar-refractivity contribution is 7.92. The third kappa shape index (κ3) is 7.39. The second-order valence-corrected chi connectivity index (χ2v) is 10.6. The summed E-state index contributed by atoms with van der Waals surface area (Å²) < 4.78 is 79.0. The van der Waals surface area contributed by atoms with E-state index in [1.54, 1.807) is 6.92 Å². The first-order chi connectivity index (χ1) is 16.3. The van der Waals surface area contributed by atoms with Crippen LogP contribution in [-0.2, 0) is 27.4 Å². The van der Waals surface area contributed by atoms with Gasteiger partial charge in [0.1, 0.15) is 23.1 Å². The minimum Gasteiger partial charge on any atom is -0.356 e. The van der Waals surface area contributed by atoms with E-state index >= 15 is 0 Å². The molecule has 1 N–H and O–H groups in total. The number of benzene rings is 1. The molecule has 0 radical (unpaired) electrons. The van der Waals surface area contributed by atoms with Crippen molar-refractivity contribution in [3.63, 3.8) is 0 Å². The zero-order valence-electron chi connectivity index (χ0n) is 19.7. The van der Waals surface area contributed by atoms with E-state index < -0.39 is 33.6 Å². The van der Waals surface area contributed by atoms with Crippen molar-refractivity contribution in [3.05, 3.63) is 53.0 Å². The van der Waals surface area contributed by atoms with Crippen molar-refractivity contribution >= 4 is 27.3 Å². The highest BCUT2D eigenvalue weighted by Gasteiger charge is 2.34. The highest BCUT2D eigenvalue weighted by atomic mass is 32.2. The molecule has 1 aromatic carbocycles. The molecule has 192 valence electrons. The Morgan fingerprint density at radius 1 is 1.11 bits per heavy atom. The van der Waals surface area contributed by atoms with E-state index in [0.29, 0.717) is 24.2 Å². The lowest BCUT2D eigenvalue weighted by atomic mass is 9.92. The summed E-state index contributed by atoms with van der Waals surface area (Å²) >= 11 is 0. The van der Waals surface area contributed by atoms with Crippen LogP contribution in [-0.4, -0.2) is 38.5 Å². The molecule has 1 aliphatic rings. The number of nitrogens with one attached hydrogen (secondary N) is 1. The zero-order valence-corrected chi connectivity index (χ0v) is 20.5. The van der Waals surface area contributed by atoms with Crippen molar-refractivity contribution in [3.8, 4) is 0 Å². The average Bonchev–Trinajstić information content (AvgIpc) is 3.06. The summed E-state index contributed by atoms with van der Waals surface area (Å²) in [6, 6.07) is 6.17. The van der Waals surface area contributed by atoms with Gasteiger partial charge in [-0.25, -0.2) is 17.8 Å². The molecule has 2 heterocycles. The number of nitrogens with zero attached hydrogens (tertiary/aromatic N) is 2. The molecule has 1 saturated heterocycles. The Kier molecular flexibility index (Phi) is 8.40. The minimum atomic E-state index is -4.56. The van der Waals surface area contributed by atoms with Crippen LogP contribution in [0, 0.1) is 5.82 Å². The Morgan fingerprint density at radius 3 is 2.34 bits per heavy atom. The van der Waals surface area contributed by atoms with Gasteiger partial charge in [0.2, 0.25) is 10.0 Å². The summed E-state index contributed by atoms with van der Waals surface area (Å²) in [4.78, 5) is 18.7. The van der Waals surface area contributed by atoms with Crippen LogP contribution in [0.15, 0.2) is 30.3 Å². The van der Waals surface area contributed by atoms with Gasteiger partial charge < -0.3 is 4.90 Å². The van der Waals surface area contributed by atoms with Crippen LogP contribution in [0.25, 0.3) is 0 Å². The molecule has 1 unspecified atom stereocenters. The number of sulfonamides is 1. The summed E-state index contributed by atoms with van der Waals surface area (Å²) in [7, 11) is -3.65. The maximum absolute atomic E-state index is 14.3. The number of Topliss-reactive ketones (excluding diaryl/α,β-unsaturated/α-hetero) is 1. The first-order valence-corrected chi connectivity index (χ1v) is 13.4. The Balaban J connectivity index is 1.76. The predicted octanol–water partition coefficient (Wildman–Crippen LogP) is 5.30. The van der Waals surface area contributed by atoms with Crippen molar-refractivity contribution in [1.82, 2.24) is 4.98 Å². The molecule has 1 aliphatic heterocycles. The average molecular weight is 516 g/mol. The number of hydrogen-bond acceptors (Lipinski definition) is 5. The molecule has 35 heavy (non-hydrogen) atoms. The van der Waals surface area contributed by atoms with Gasteiger partial charge in [0, 0.05) is 25.4 Å². The summed E-state index contributed by atoms with van der Waals surface area (Å²) in [6.07, 6.45) is 0.336. The highest BCUT2D eigenvalue weighted by Crippen LogP contribution is 2.32. The topological polar surface area (TPSA) is 79.4 Å². The van der Waals surface area contributed by atoms with E-state index in [0.717, 1.165) is 44.1 Å². The lowest BCUT2D eigenvalue weighted by molar-refractivity contribution is -0.141. The fraction of sp³-hybridized carbons (Fsp3) is 0.500. The van der Waals surface area contributed by atoms with E-state index in [-0.39, 0.29) is 30.1 Å². The van der Waals surface area contributed by atoms with Crippen LogP contribution in [0.2, 0.25) is 0 Å². The molecule has 0 spiro atoms. The minimum absolute atomic E-state index is 0.0417. The fourth-order valence-electron chi connectivity index (χ4n) is 4.13. The maximum Gasteiger partial charge on any atom is 0.433 e. The molecule has 1 aromatic heterocycles. The molecule has 0 bridgehead atoms. The van der Waals surface area contributed by atoms with E-state index in [1.807, 2.05) is 4.90 Å². The number of aromatic nitrogens is 1. The molecule has 3 rings (SSSR count). The summed E-state index contributed by atoms with van der Waals surface area (Å²) in [5.74, 6) is -1.43. The Labute approximate surface area is 202 Å². The number of alkyl halides is 3. The maximum atomic E-state index is 14.3. The molecule has 6 nitrogen and oxygen atoms in total. The lowest BCUT2D eigenvalue weighted by Gasteiger charge is -2.25. The predicted molar refractivity (Wildman–Crippen MR) is 127 cm³/mol. The van der Waals surface area contributed by atoms with E-state index in [4.69, 9.17) is 0 Å². The number of carbonyl (C=O) groups is 1. The van der Waals surface area contributed by atoms with Gasteiger partial charge in [0.05, 0.1) is 11.9 Å². The molecule has 1 fully saturated rings. The number of pyridine rings is 1. The van der Waals surface area contributed by atoms with Gasteiger partial charge in [-0.05, 0) is 48.6 Å². The third-order valence-electron chi connectivity index (χ3n) is 6.06. The Hall–Kier alpha value is -2.69. The largest absolute Gasteiger partial charge is 0.433 e. The van der Waals surface area contributed by atoms with Crippen LogP contribution in [0.5, 0.6) is 0 Å². The zero-order chi connectivity index (χ0) is 25.8. The van der Waals surface area contributed by atoms with E-state index in [2.05, 4.69) is 9.71 Å². The molecule has 11 heteroatoms. The number of hydrogen-bond donors (Lipinski definition) is 1. The number of rotatable bonds is 8. The van der Waals surface area contributed by atoms with Gasteiger partial charge in [0.15, 0.2) is 0 Å². The van der Waals surface area contributed by atoms with Gasteiger partial charge in [-0.3, -0.25) is 9.52 Å². The number of carbonyl (C=O) groups excluding carboxylic acids is 1. The van der Waals surface area contributed by atoms with Gasteiger partial charge in [-0.15, -0.1) is 0 Å². The van der Waals surface area contributed by atoms with Gasteiger partial charge in [-0.2, -0.15) is 13.2 Å². The summed E-state index contributed by atoms with van der Waals surface area (Å²) in [6.45, 7) is 2.83. The van der Waals surface area contributed by atoms with Crippen molar-refractivity contribution in [2.45, 2.75) is 57.5 Å². The Bertz CT molecular complexity index is 1160. The van der Waals surface area contributed by atoms with Gasteiger partial charge >= 0.3 is 6.18 Å². The van der Waals surface area contributed by atoms with E-state index in [1.165, 1.54) is 18.2 Å². The Morgan fingerprint density at radius 2 is 1.77 bits per heavy atom. The monoisotopic (exact) mass is 515 g/mol. The van der Waals surface area contributed by atoms with Crippen LogP contribution in [0.3, 0.4) is 0 Å².